The van der Waals surface area contributed by atoms with E-state index in [0.29, 0.717) is 12.8 Å². The zero-order valence-corrected chi connectivity index (χ0v) is 6.87. The van der Waals surface area contributed by atoms with E-state index in [4.69, 9.17) is 23.2 Å². The predicted molar refractivity (Wildman–Crippen MR) is 40.0 cm³/mol. The molecule has 0 N–H and O–H groups in total. The molecule has 0 heterocycles. The van der Waals surface area contributed by atoms with Gasteiger partial charge in [0.15, 0.2) is 0 Å². The second-order valence-corrected chi connectivity index (χ2v) is 2.94. The summed E-state index contributed by atoms with van der Waals surface area (Å²) in [4.78, 5) is 10.2. The highest BCUT2D eigenvalue weighted by Crippen LogP contribution is 2.09. The third-order valence-electron chi connectivity index (χ3n) is 1.10. The highest BCUT2D eigenvalue weighted by atomic mass is 35.5. The largest absolute Gasteiger partial charge is 0.281 e. The van der Waals surface area contributed by atoms with Crippen molar-refractivity contribution in [3.8, 4) is 0 Å². The minimum Gasteiger partial charge on any atom is -0.281 e. The van der Waals surface area contributed by atoms with E-state index in [-0.39, 0.29) is 10.6 Å². The van der Waals surface area contributed by atoms with Crippen molar-refractivity contribution in [1.82, 2.24) is 0 Å². The van der Waals surface area contributed by atoms with Gasteiger partial charge in [-0.15, -0.1) is 11.6 Å². The Hall–Kier alpha value is 0.250. The van der Waals surface area contributed by atoms with Crippen molar-refractivity contribution in [3.63, 3.8) is 0 Å². The van der Waals surface area contributed by atoms with Gasteiger partial charge in [-0.2, -0.15) is 0 Å². The Morgan fingerprint density at radius 1 is 1.67 bits per heavy atom. The lowest BCUT2D eigenvalue weighted by molar-refractivity contribution is -0.111. The van der Waals surface area contributed by atoms with Gasteiger partial charge in [0, 0.05) is 11.8 Å². The van der Waals surface area contributed by atoms with E-state index in [1.54, 1.807) is 0 Å². The van der Waals surface area contributed by atoms with Gasteiger partial charge in [-0.1, -0.05) is 6.92 Å². The van der Waals surface area contributed by atoms with Gasteiger partial charge >= 0.3 is 0 Å². The number of halogens is 2. The molecule has 0 amide bonds. The molecule has 0 aliphatic heterocycles. The van der Waals surface area contributed by atoms with Crippen LogP contribution in [-0.2, 0) is 4.79 Å². The lowest BCUT2D eigenvalue weighted by atomic mass is 10.2. The Balaban J connectivity index is 3.16. The van der Waals surface area contributed by atoms with E-state index in [2.05, 4.69) is 0 Å². The Bertz CT molecular complexity index is 93.1. The average Bonchev–Trinajstić information content (AvgIpc) is 1.83. The number of carbonyl (C=O) groups excluding carboxylic acids is 1. The second-order valence-electron chi connectivity index (χ2n) is 1.90. The van der Waals surface area contributed by atoms with Crippen molar-refractivity contribution in [2.75, 3.05) is 0 Å². The van der Waals surface area contributed by atoms with Crippen LogP contribution in [0.5, 0.6) is 0 Å². The van der Waals surface area contributed by atoms with Gasteiger partial charge in [0.2, 0.25) is 5.24 Å². The Morgan fingerprint density at radius 2 is 2.22 bits per heavy atom. The van der Waals surface area contributed by atoms with Crippen LogP contribution in [0.1, 0.15) is 26.2 Å². The van der Waals surface area contributed by atoms with Crippen molar-refractivity contribution in [1.29, 1.82) is 0 Å². The second kappa shape index (κ2) is 5.07. The van der Waals surface area contributed by atoms with E-state index in [9.17, 15) is 4.79 Å². The molecule has 0 unspecified atom stereocenters. The summed E-state index contributed by atoms with van der Waals surface area (Å²) in [5, 5.41) is -0.193. The quantitative estimate of drug-likeness (QED) is 0.466. The molecule has 0 aromatic heterocycles. The highest BCUT2D eigenvalue weighted by Gasteiger charge is 2.02. The maximum Gasteiger partial charge on any atom is 0.221 e. The van der Waals surface area contributed by atoms with Crippen LogP contribution in [0.15, 0.2) is 0 Å². The summed E-state index contributed by atoms with van der Waals surface area (Å²) >= 11 is 10.8. The molecule has 0 aliphatic carbocycles. The van der Waals surface area contributed by atoms with Crippen LogP contribution < -0.4 is 0 Å². The lowest BCUT2D eigenvalue weighted by Gasteiger charge is -2.00. The fraction of sp³-hybridized carbons (Fsp3) is 0.833. The summed E-state index contributed by atoms with van der Waals surface area (Å²) in [5.41, 5.74) is 0. The SMILES string of the molecule is CC[C@H](Cl)CCC(=O)Cl. The standard InChI is InChI=1S/C6H10Cl2O/c1-2-5(7)3-4-6(8)9/h5H,2-4H2,1H3/t5-/m0/s1. The minimum atomic E-state index is -0.297. The summed E-state index contributed by atoms with van der Waals surface area (Å²) in [6, 6.07) is 0. The molecule has 54 valence electrons. The van der Waals surface area contributed by atoms with Crippen molar-refractivity contribution in [2.24, 2.45) is 0 Å². The van der Waals surface area contributed by atoms with Crippen LogP contribution in [0.25, 0.3) is 0 Å². The third kappa shape index (κ3) is 6.13. The molecular weight excluding hydrogens is 159 g/mol. The molecule has 1 nitrogen and oxygen atoms in total. The summed E-state index contributed by atoms with van der Waals surface area (Å²) in [7, 11) is 0. The molecular formula is C6H10Cl2O. The zero-order chi connectivity index (χ0) is 7.28. The van der Waals surface area contributed by atoms with Gasteiger partial charge in [0.05, 0.1) is 0 Å². The van der Waals surface area contributed by atoms with Crippen molar-refractivity contribution < 1.29 is 4.79 Å². The van der Waals surface area contributed by atoms with Gasteiger partial charge in [0.25, 0.3) is 0 Å². The smallest absolute Gasteiger partial charge is 0.221 e. The number of hydrogen-bond acceptors (Lipinski definition) is 1. The lowest BCUT2D eigenvalue weighted by Crippen LogP contribution is -1.98. The summed E-state index contributed by atoms with van der Waals surface area (Å²) in [6.07, 6.45) is 1.98. The van der Waals surface area contributed by atoms with Crippen LogP contribution >= 0.6 is 23.2 Å². The first-order valence-electron chi connectivity index (χ1n) is 2.99. The number of hydrogen-bond donors (Lipinski definition) is 0. The van der Waals surface area contributed by atoms with E-state index in [0.717, 1.165) is 6.42 Å². The Morgan fingerprint density at radius 3 is 2.56 bits per heavy atom. The van der Waals surface area contributed by atoms with Crippen LogP contribution in [0.3, 0.4) is 0 Å². The van der Waals surface area contributed by atoms with E-state index < -0.39 is 0 Å². The summed E-state index contributed by atoms with van der Waals surface area (Å²) < 4.78 is 0. The normalized spacial score (nSPS) is 13.2. The van der Waals surface area contributed by atoms with Crippen molar-refractivity contribution in [2.45, 2.75) is 31.6 Å². The first-order valence-corrected chi connectivity index (χ1v) is 3.80. The van der Waals surface area contributed by atoms with Crippen LogP contribution in [0, 0.1) is 0 Å². The molecule has 0 spiro atoms. The molecule has 0 radical (unpaired) electrons. The highest BCUT2D eigenvalue weighted by molar-refractivity contribution is 6.63. The fourth-order valence-electron chi connectivity index (χ4n) is 0.474. The van der Waals surface area contributed by atoms with E-state index in [1.165, 1.54) is 0 Å². The fourth-order valence-corrected chi connectivity index (χ4v) is 0.692. The number of alkyl halides is 1. The predicted octanol–water partition coefficient (Wildman–Crippen LogP) is 2.55. The molecule has 1 atom stereocenters. The maximum absolute atomic E-state index is 10.2. The number of rotatable bonds is 4. The van der Waals surface area contributed by atoms with Gasteiger partial charge in [-0.3, -0.25) is 4.79 Å². The van der Waals surface area contributed by atoms with Crippen molar-refractivity contribution in [3.05, 3.63) is 0 Å². The molecule has 0 aliphatic rings. The molecule has 3 heteroatoms. The molecule has 0 rings (SSSR count). The first kappa shape index (κ1) is 9.25. The average molecular weight is 169 g/mol. The topological polar surface area (TPSA) is 17.1 Å². The van der Waals surface area contributed by atoms with Gasteiger partial charge in [-0.05, 0) is 24.4 Å². The molecule has 0 saturated carbocycles. The Kier molecular flexibility index (Phi) is 5.21. The van der Waals surface area contributed by atoms with E-state index in [1.807, 2.05) is 6.92 Å². The van der Waals surface area contributed by atoms with Gasteiger partial charge in [0.1, 0.15) is 0 Å². The molecule has 9 heavy (non-hydrogen) atoms. The zero-order valence-electron chi connectivity index (χ0n) is 5.36. The minimum absolute atomic E-state index is 0.104. The maximum atomic E-state index is 10.2. The van der Waals surface area contributed by atoms with Gasteiger partial charge in [-0.25, -0.2) is 0 Å². The van der Waals surface area contributed by atoms with Crippen LogP contribution in [0.2, 0.25) is 0 Å². The first-order chi connectivity index (χ1) is 4.16. The molecule has 0 saturated heterocycles. The van der Waals surface area contributed by atoms with Crippen LogP contribution in [0.4, 0.5) is 0 Å². The molecule has 0 fully saturated rings. The summed E-state index contributed by atoms with van der Waals surface area (Å²) in [6.45, 7) is 1.98. The monoisotopic (exact) mass is 168 g/mol. The molecule has 0 aromatic rings. The summed E-state index contributed by atoms with van der Waals surface area (Å²) in [5.74, 6) is 0. The van der Waals surface area contributed by atoms with E-state index >= 15 is 0 Å². The molecule has 0 bridgehead atoms. The van der Waals surface area contributed by atoms with Crippen molar-refractivity contribution >= 4 is 28.4 Å². The Labute approximate surface area is 65.3 Å². The third-order valence-corrected chi connectivity index (χ3v) is 1.81. The molecule has 0 aromatic carbocycles. The number of carbonyl (C=O) groups is 1. The van der Waals surface area contributed by atoms with Gasteiger partial charge < -0.3 is 0 Å². The van der Waals surface area contributed by atoms with Crippen LogP contribution in [-0.4, -0.2) is 10.6 Å².